The van der Waals surface area contributed by atoms with Gasteiger partial charge < -0.3 is 9.47 Å². The minimum absolute atomic E-state index is 0.298. The molecule has 1 heterocycles. The molecule has 160 valence electrons. The Morgan fingerprint density at radius 3 is 2.41 bits per heavy atom. The van der Waals surface area contributed by atoms with E-state index < -0.39 is 0 Å². The largest absolute Gasteiger partial charge is 0.496 e. The number of nitrogens with zero attached hydrogens (tertiary/aromatic N) is 4. The highest BCUT2D eigenvalue weighted by Crippen LogP contribution is 2.36. The number of hydrogen-bond donors (Lipinski definition) is 0. The fraction of sp³-hybridized carbons (Fsp3) is 0.125. The minimum atomic E-state index is -0.298. The van der Waals surface area contributed by atoms with Crippen LogP contribution in [0, 0.1) is 11.3 Å². The van der Waals surface area contributed by atoms with Gasteiger partial charge in [0.05, 0.1) is 29.7 Å². The Labute approximate surface area is 195 Å². The minimum Gasteiger partial charge on any atom is -0.496 e. The summed E-state index contributed by atoms with van der Waals surface area (Å²) in [6, 6.07) is 24.7. The fourth-order valence-electron chi connectivity index (χ4n) is 3.08. The van der Waals surface area contributed by atoms with Crippen LogP contribution in [-0.4, -0.2) is 27.1 Å². The van der Waals surface area contributed by atoms with Gasteiger partial charge in [-0.15, -0.1) is 10.2 Å². The average molecular weight is 463 g/mol. The quantitative estimate of drug-likeness (QED) is 0.296. The first-order valence-corrected chi connectivity index (χ1v) is 11.0. The van der Waals surface area contributed by atoms with Crippen molar-refractivity contribution >= 4 is 23.4 Å². The number of benzene rings is 3. The number of thioether (sulfide) groups is 1. The first-order chi connectivity index (χ1) is 15.6. The number of nitriles is 1. The molecule has 0 fully saturated rings. The molecule has 1 atom stereocenters. The van der Waals surface area contributed by atoms with E-state index in [0.717, 1.165) is 11.4 Å². The lowest BCUT2D eigenvalue weighted by Crippen LogP contribution is -2.03. The molecular formula is C24H19ClN4O2S. The maximum atomic E-state index is 9.29. The summed E-state index contributed by atoms with van der Waals surface area (Å²) in [5.41, 5.74) is 1.52. The summed E-state index contributed by atoms with van der Waals surface area (Å²) in [5, 5.41) is 18.9. The second kappa shape index (κ2) is 9.77. The van der Waals surface area contributed by atoms with Crippen molar-refractivity contribution < 1.29 is 9.47 Å². The molecule has 0 N–H and O–H groups in total. The summed E-state index contributed by atoms with van der Waals surface area (Å²) >= 11 is 7.58. The van der Waals surface area contributed by atoms with Crippen molar-refractivity contribution in [1.82, 2.24) is 14.8 Å². The zero-order valence-corrected chi connectivity index (χ0v) is 19.0. The number of para-hydroxylation sites is 1. The number of hydrogen-bond acceptors (Lipinski definition) is 6. The zero-order chi connectivity index (χ0) is 22.5. The van der Waals surface area contributed by atoms with Crippen LogP contribution in [0.25, 0.3) is 17.1 Å². The third-order valence-corrected chi connectivity index (χ3v) is 5.74. The van der Waals surface area contributed by atoms with Gasteiger partial charge in [0.1, 0.15) is 17.2 Å². The predicted molar refractivity (Wildman–Crippen MR) is 126 cm³/mol. The summed E-state index contributed by atoms with van der Waals surface area (Å²) in [4.78, 5) is 0. The van der Waals surface area contributed by atoms with Crippen LogP contribution in [0.2, 0.25) is 5.02 Å². The van der Waals surface area contributed by atoms with Crippen LogP contribution in [-0.2, 0) is 0 Å². The second-order valence-electron chi connectivity index (χ2n) is 6.78. The van der Waals surface area contributed by atoms with Crippen molar-refractivity contribution in [2.75, 3.05) is 7.11 Å². The summed E-state index contributed by atoms with van der Waals surface area (Å²) in [6.45, 7) is 1.82. The van der Waals surface area contributed by atoms with Gasteiger partial charge in [0.15, 0.2) is 11.0 Å². The lowest BCUT2D eigenvalue weighted by molar-refractivity contribution is 0.416. The van der Waals surface area contributed by atoms with E-state index >= 15 is 0 Å². The van der Waals surface area contributed by atoms with Crippen molar-refractivity contribution in [1.29, 1.82) is 5.26 Å². The highest BCUT2D eigenvalue weighted by atomic mass is 35.5. The monoisotopic (exact) mass is 462 g/mol. The molecule has 0 aliphatic rings. The van der Waals surface area contributed by atoms with Crippen LogP contribution >= 0.6 is 23.4 Å². The topological polar surface area (TPSA) is 73.0 Å². The van der Waals surface area contributed by atoms with E-state index in [9.17, 15) is 5.26 Å². The average Bonchev–Trinajstić information content (AvgIpc) is 3.23. The summed E-state index contributed by atoms with van der Waals surface area (Å²) in [7, 11) is 1.59. The summed E-state index contributed by atoms with van der Waals surface area (Å²) in [6.07, 6.45) is 0. The van der Waals surface area contributed by atoms with Crippen LogP contribution in [0.1, 0.15) is 6.92 Å². The molecule has 1 unspecified atom stereocenters. The summed E-state index contributed by atoms with van der Waals surface area (Å²) < 4.78 is 13.3. The van der Waals surface area contributed by atoms with E-state index in [-0.39, 0.29) is 5.25 Å². The zero-order valence-electron chi connectivity index (χ0n) is 17.4. The Hall–Kier alpha value is -3.47. The molecule has 1 aromatic heterocycles. The highest BCUT2D eigenvalue weighted by Gasteiger charge is 2.21. The van der Waals surface area contributed by atoms with Gasteiger partial charge in [0.2, 0.25) is 0 Å². The van der Waals surface area contributed by atoms with Crippen LogP contribution in [0.5, 0.6) is 17.2 Å². The van der Waals surface area contributed by atoms with Crippen molar-refractivity contribution in [2.24, 2.45) is 0 Å². The van der Waals surface area contributed by atoms with E-state index in [1.807, 2.05) is 66.1 Å². The van der Waals surface area contributed by atoms with Gasteiger partial charge in [-0.25, -0.2) is 0 Å². The normalized spacial score (nSPS) is 11.6. The van der Waals surface area contributed by atoms with E-state index in [4.69, 9.17) is 21.1 Å². The van der Waals surface area contributed by atoms with Gasteiger partial charge in [-0.2, -0.15) is 5.26 Å². The van der Waals surface area contributed by atoms with Crippen molar-refractivity contribution in [3.8, 4) is 40.4 Å². The number of halogens is 1. The molecule has 0 amide bonds. The molecule has 0 radical (unpaired) electrons. The van der Waals surface area contributed by atoms with E-state index in [1.54, 1.807) is 25.3 Å². The molecule has 4 rings (SSSR count). The van der Waals surface area contributed by atoms with E-state index in [2.05, 4.69) is 16.3 Å². The molecule has 3 aromatic carbocycles. The lowest BCUT2D eigenvalue weighted by atomic mass is 10.2. The molecule has 32 heavy (non-hydrogen) atoms. The van der Waals surface area contributed by atoms with Gasteiger partial charge in [0.25, 0.3) is 0 Å². The van der Waals surface area contributed by atoms with Gasteiger partial charge in [-0.05, 0) is 61.5 Å². The Bertz CT molecular complexity index is 1250. The first-order valence-electron chi connectivity index (χ1n) is 9.78. The second-order valence-corrected chi connectivity index (χ2v) is 8.53. The van der Waals surface area contributed by atoms with Crippen molar-refractivity contribution in [2.45, 2.75) is 17.3 Å². The maximum Gasteiger partial charge on any atom is 0.197 e. The molecule has 0 aliphatic carbocycles. The predicted octanol–water partition coefficient (Wildman–Crippen LogP) is 6.39. The first kappa shape index (κ1) is 21.8. The standard InChI is InChI=1S/C24H19ClN4O2S/c1-16(15-26)32-24-28-27-23(21-14-17(25)8-13-22(21)30-2)29(24)18-9-11-20(12-10-18)31-19-6-4-3-5-7-19/h3-14,16H,1-2H3. The van der Waals surface area contributed by atoms with E-state index in [1.165, 1.54) is 11.8 Å². The van der Waals surface area contributed by atoms with Crippen molar-refractivity contribution in [3.63, 3.8) is 0 Å². The Balaban J connectivity index is 1.77. The molecular weight excluding hydrogens is 444 g/mol. The number of rotatable bonds is 7. The molecule has 0 bridgehead atoms. The molecule has 0 saturated heterocycles. The van der Waals surface area contributed by atoms with Gasteiger partial charge in [-0.3, -0.25) is 4.57 Å². The number of methoxy groups -OCH3 is 1. The van der Waals surface area contributed by atoms with Crippen molar-refractivity contribution in [3.05, 3.63) is 77.8 Å². The van der Waals surface area contributed by atoms with Gasteiger partial charge in [-0.1, -0.05) is 41.6 Å². The maximum absolute atomic E-state index is 9.29. The Morgan fingerprint density at radius 2 is 1.72 bits per heavy atom. The van der Waals surface area contributed by atoms with Gasteiger partial charge in [0, 0.05) is 5.02 Å². The fourth-order valence-corrected chi connectivity index (χ4v) is 4.01. The van der Waals surface area contributed by atoms with Crippen LogP contribution < -0.4 is 9.47 Å². The molecule has 6 nitrogen and oxygen atoms in total. The van der Waals surface area contributed by atoms with Crippen LogP contribution in [0.15, 0.2) is 78.0 Å². The lowest BCUT2D eigenvalue weighted by Gasteiger charge is -2.14. The molecule has 8 heteroatoms. The third kappa shape index (κ3) is 4.72. The third-order valence-electron chi connectivity index (χ3n) is 4.57. The highest BCUT2D eigenvalue weighted by molar-refractivity contribution is 8.00. The van der Waals surface area contributed by atoms with E-state index in [0.29, 0.717) is 33.1 Å². The van der Waals surface area contributed by atoms with Crippen LogP contribution in [0.4, 0.5) is 0 Å². The van der Waals surface area contributed by atoms with Gasteiger partial charge >= 0.3 is 0 Å². The number of aromatic nitrogens is 3. The summed E-state index contributed by atoms with van der Waals surface area (Å²) in [5.74, 6) is 2.65. The number of ether oxygens (including phenoxy) is 2. The smallest absolute Gasteiger partial charge is 0.197 e. The molecule has 0 aliphatic heterocycles. The Kier molecular flexibility index (Phi) is 6.64. The molecule has 0 saturated carbocycles. The SMILES string of the molecule is COc1ccc(Cl)cc1-c1nnc(SC(C)C#N)n1-c1ccc(Oc2ccccc2)cc1. The van der Waals surface area contributed by atoms with Crippen LogP contribution in [0.3, 0.4) is 0 Å². The Morgan fingerprint density at radius 1 is 1.00 bits per heavy atom. The molecule has 4 aromatic rings. The molecule has 0 spiro atoms.